The summed E-state index contributed by atoms with van der Waals surface area (Å²) >= 11 is 0. The zero-order valence-corrected chi connectivity index (χ0v) is 10.8. The molecule has 0 fully saturated rings. The van der Waals surface area contributed by atoms with Gasteiger partial charge in [-0.15, -0.1) is 0 Å². The predicted octanol–water partition coefficient (Wildman–Crippen LogP) is 0.672. The first-order chi connectivity index (χ1) is 9.17. The van der Waals surface area contributed by atoms with Gasteiger partial charge in [0.25, 0.3) is 5.91 Å². The van der Waals surface area contributed by atoms with Gasteiger partial charge in [0.2, 0.25) is 0 Å². The molecule has 1 rings (SSSR count). The molecular weight excluding hydrogens is 253 g/mol. The predicted molar refractivity (Wildman–Crippen MR) is 67.4 cm³/mol. The van der Waals surface area contributed by atoms with Crippen LogP contribution < -0.4 is 4.74 Å². The van der Waals surface area contributed by atoms with Crippen molar-refractivity contribution in [3.8, 4) is 5.75 Å². The average Bonchev–Trinajstić information content (AvgIpc) is 2.41. The molecule has 0 radical (unpaired) electrons. The summed E-state index contributed by atoms with van der Waals surface area (Å²) in [7, 11) is 1.53. The minimum Gasteiger partial charge on any atom is -0.484 e. The second-order valence-corrected chi connectivity index (χ2v) is 3.84. The number of halogens is 1. The van der Waals surface area contributed by atoms with Gasteiger partial charge in [-0.2, -0.15) is 0 Å². The van der Waals surface area contributed by atoms with E-state index in [4.69, 9.17) is 14.6 Å². The number of rotatable bonds is 8. The molecule has 0 unspecified atom stereocenters. The van der Waals surface area contributed by atoms with E-state index in [2.05, 4.69) is 0 Å². The number of benzene rings is 1. The highest BCUT2D eigenvalue weighted by atomic mass is 19.1. The summed E-state index contributed by atoms with van der Waals surface area (Å²) in [6, 6.07) is 5.58. The van der Waals surface area contributed by atoms with E-state index in [1.165, 1.54) is 30.2 Å². The Morgan fingerprint density at radius 3 is 2.84 bits per heavy atom. The van der Waals surface area contributed by atoms with Crippen LogP contribution in [0.3, 0.4) is 0 Å². The minimum atomic E-state index is -0.420. The second-order valence-electron chi connectivity index (χ2n) is 3.84. The maximum Gasteiger partial charge on any atom is 0.260 e. The Balaban J connectivity index is 2.47. The summed E-state index contributed by atoms with van der Waals surface area (Å²) in [6.07, 6.45) is 0. The molecule has 1 N–H and O–H groups in total. The third-order valence-electron chi connectivity index (χ3n) is 2.45. The van der Waals surface area contributed by atoms with Crippen molar-refractivity contribution in [3.05, 3.63) is 30.1 Å². The van der Waals surface area contributed by atoms with Gasteiger partial charge in [0.05, 0.1) is 13.2 Å². The summed E-state index contributed by atoms with van der Waals surface area (Å²) in [5.74, 6) is -0.407. The van der Waals surface area contributed by atoms with Crippen molar-refractivity contribution in [2.24, 2.45) is 0 Å². The highest BCUT2D eigenvalue weighted by molar-refractivity contribution is 5.77. The second kappa shape index (κ2) is 8.44. The standard InChI is InChI=1S/C13H18FNO4/c1-18-8-6-15(5-7-16)13(17)10-19-12-4-2-3-11(14)9-12/h2-4,9,16H,5-8,10H2,1H3. The number of methoxy groups -OCH3 is 1. The molecule has 0 aliphatic heterocycles. The van der Waals surface area contributed by atoms with E-state index in [1.54, 1.807) is 6.07 Å². The first kappa shape index (κ1) is 15.4. The Bertz CT molecular complexity index is 400. The van der Waals surface area contributed by atoms with Gasteiger partial charge >= 0.3 is 0 Å². The van der Waals surface area contributed by atoms with Crippen LogP contribution in [0.2, 0.25) is 0 Å². The number of aliphatic hydroxyl groups excluding tert-OH is 1. The van der Waals surface area contributed by atoms with E-state index < -0.39 is 5.82 Å². The largest absolute Gasteiger partial charge is 0.484 e. The van der Waals surface area contributed by atoms with Crippen LogP contribution in [0.25, 0.3) is 0 Å². The number of carbonyl (C=O) groups is 1. The van der Waals surface area contributed by atoms with Crippen LogP contribution in [0.15, 0.2) is 24.3 Å². The molecular formula is C13H18FNO4. The topological polar surface area (TPSA) is 59.0 Å². The van der Waals surface area contributed by atoms with Crippen LogP contribution in [0, 0.1) is 5.82 Å². The molecule has 0 saturated carbocycles. The molecule has 106 valence electrons. The summed E-state index contributed by atoms with van der Waals surface area (Å²) in [5.41, 5.74) is 0. The Morgan fingerprint density at radius 2 is 2.21 bits per heavy atom. The van der Waals surface area contributed by atoms with E-state index in [1.807, 2.05) is 0 Å². The van der Waals surface area contributed by atoms with Gasteiger partial charge in [0.1, 0.15) is 11.6 Å². The summed E-state index contributed by atoms with van der Waals surface area (Å²) in [5, 5.41) is 8.88. The first-order valence-corrected chi connectivity index (χ1v) is 5.93. The van der Waals surface area contributed by atoms with Gasteiger partial charge in [0, 0.05) is 26.3 Å². The van der Waals surface area contributed by atoms with E-state index >= 15 is 0 Å². The number of hydrogen-bond donors (Lipinski definition) is 1. The molecule has 5 nitrogen and oxygen atoms in total. The molecule has 0 aliphatic rings. The Morgan fingerprint density at radius 1 is 1.42 bits per heavy atom. The molecule has 0 heterocycles. The lowest BCUT2D eigenvalue weighted by atomic mass is 10.3. The molecule has 1 aromatic rings. The van der Waals surface area contributed by atoms with Crippen LogP contribution >= 0.6 is 0 Å². The fourth-order valence-corrected chi connectivity index (χ4v) is 1.48. The normalized spacial score (nSPS) is 10.3. The van der Waals surface area contributed by atoms with Crippen molar-refractivity contribution in [2.45, 2.75) is 0 Å². The molecule has 0 aliphatic carbocycles. The molecule has 0 aromatic heterocycles. The smallest absolute Gasteiger partial charge is 0.260 e. The Kier molecular flexibility index (Phi) is 6.84. The van der Waals surface area contributed by atoms with Crippen molar-refractivity contribution in [3.63, 3.8) is 0 Å². The number of aliphatic hydroxyl groups is 1. The van der Waals surface area contributed by atoms with Gasteiger partial charge in [-0.3, -0.25) is 4.79 Å². The van der Waals surface area contributed by atoms with Gasteiger partial charge in [-0.05, 0) is 12.1 Å². The fourth-order valence-electron chi connectivity index (χ4n) is 1.48. The van der Waals surface area contributed by atoms with Crippen molar-refractivity contribution in [2.75, 3.05) is 40.0 Å². The molecule has 0 spiro atoms. The van der Waals surface area contributed by atoms with Crippen molar-refractivity contribution >= 4 is 5.91 Å². The van der Waals surface area contributed by atoms with Crippen molar-refractivity contribution < 1.29 is 23.8 Å². The highest BCUT2D eigenvalue weighted by Crippen LogP contribution is 2.11. The number of amides is 1. The first-order valence-electron chi connectivity index (χ1n) is 5.93. The maximum absolute atomic E-state index is 12.9. The molecule has 0 bridgehead atoms. The van der Waals surface area contributed by atoms with Crippen LogP contribution in [-0.2, 0) is 9.53 Å². The SMILES string of the molecule is COCCN(CCO)C(=O)COc1cccc(F)c1. The summed E-state index contributed by atoms with van der Waals surface area (Å²) < 4.78 is 23.0. The third-order valence-corrected chi connectivity index (χ3v) is 2.45. The Labute approximate surface area is 111 Å². The van der Waals surface area contributed by atoms with Gasteiger partial charge < -0.3 is 19.5 Å². The average molecular weight is 271 g/mol. The summed E-state index contributed by atoms with van der Waals surface area (Å²) in [4.78, 5) is 13.3. The zero-order chi connectivity index (χ0) is 14.1. The molecule has 19 heavy (non-hydrogen) atoms. The van der Waals surface area contributed by atoms with E-state index in [0.717, 1.165) is 0 Å². The van der Waals surface area contributed by atoms with E-state index in [0.29, 0.717) is 18.9 Å². The van der Waals surface area contributed by atoms with Crippen molar-refractivity contribution in [1.82, 2.24) is 4.90 Å². The monoisotopic (exact) mass is 271 g/mol. The summed E-state index contributed by atoms with van der Waals surface area (Å²) in [6.45, 7) is 0.644. The lowest BCUT2D eigenvalue weighted by molar-refractivity contribution is -0.134. The number of ether oxygens (including phenoxy) is 2. The van der Waals surface area contributed by atoms with E-state index in [9.17, 15) is 9.18 Å². The van der Waals surface area contributed by atoms with Gasteiger partial charge in [0.15, 0.2) is 6.61 Å². The zero-order valence-electron chi connectivity index (χ0n) is 10.8. The lowest BCUT2D eigenvalue weighted by Crippen LogP contribution is -2.39. The maximum atomic E-state index is 12.9. The molecule has 1 aromatic carbocycles. The van der Waals surface area contributed by atoms with Crippen molar-refractivity contribution in [1.29, 1.82) is 0 Å². The van der Waals surface area contributed by atoms with Gasteiger partial charge in [-0.25, -0.2) is 4.39 Å². The fraction of sp³-hybridized carbons (Fsp3) is 0.462. The molecule has 6 heteroatoms. The quantitative estimate of drug-likeness (QED) is 0.755. The number of hydrogen-bond acceptors (Lipinski definition) is 4. The number of nitrogens with zero attached hydrogens (tertiary/aromatic N) is 1. The molecule has 1 amide bonds. The van der Waals surface area contributed by atoms with Crippen LogP contribution in [0.1, 0.15) is 0 Å². The van der Waals surface area contributed by atoms with Crippen LogP contribution in [0.4, 0.5) is 4.39 Å². The minimum absolute atomic E-state index is 0.130. The van der Waals surface area contributed by atoms with E-state index in [-0.39, 0.29) is 25.7 Å². The van der Waals surface area contributed by atoms with Crippen LogP contribution in [0.5, 0.6) is 5.75 Å². The third kappa shape index (κ3) is 5.67. The molecule has 0 atom stereocenters. The van der Waals surface area contributed by atoms with Gasteiger partial charge in [-0.1, -0.05) is 6.07 Å². The Hall–Kier alpha value is -1.66. The molecule has 0 saturated heterocycles. The number of carbonyl (C=O) groups excluding carboxylic acids is 1. The van der Waals surface area contributed by atoms with Crippen LogP contribution in [-0.4, -0.2) is 55.9 Å². The highest BCUT2D eigenvalue weighted by Gasteiger charge is 2.13. The lowest BCUT2D eigenvalue weighted by Gasteiger charge is -2.21.